The number of benzene rings is 8. The summed E-state index contributed by atoms with van der Waals surface area (Å²) in [5.74, 6) is 0. The van der Waals surface area contributed by atoms with Crippen LogP contribution in [0.25, 0.3) is 49.8 Å². The van der Waals surface area contributed by atoms with Crippen LogP contribution in [0.15, 0.2) is 162 Å². The summed E-state index contributed by atoms with van der Waals surface area (Å²) >= 11 is 0. The van der Waals surface area contributed by atoms with E-state index in [0.29, 0.717) is 0 Å². The van der Waals surface area contributed by atoms with Crippen LogP contribution < -0.4 is 26.2 Å². The van der Waals surface area contributed by atoms with Crippen LogP contribution in [0.2, 0.25) is 0 Å². The van der Waals surface area contributed by atoms with Crippen LogP contribution in [0.3, 0.4) is 0 Å². The fourth-order valence-corrected chi connectivity index (χ4v) is 12.0. The number of furan rings is 1. The number of rotatable bonds is 4. The van der Waals surface area contributed by atoms with Gasteiger partial charge in [-0.25, -0.2) is 0 Å². The van der Waals surface area contributed by atoms with Crippen molar-refractivity contribution in [1.29, 1.82) is 0 Å². The smallest absolute Gasteiger partial charge is 0.252 e. The summed E-state index contributed by atoms with van der Waals surface area (Å²) in [5, 5.41) is 3.60. The average molecular weight is 840 g/mol. The number of nitrogens with zero attached hydrogens (tertiary/aromatic N) is 3. The predicted octanol–water partition coefficient (Wildman–Crippen LogP) is 14.1. The van der Waals surface area contributed by atoms with Crippen LogP contribution in [-0.2, 0) is 10.8 Å². The molecule has 0 radical (unpaired) electrons. The molecule has 4 heterocycles. The van der Waals surface area contributed by atoms with Gasteiger partial charge < -0.3 is 18.8 Å². The molecule has 314 valence electrons. The van der Waals surface area contributed by atoms with Crippen molar-refractivity contribution in [3.8, 4) is 16.9 Å². The molecule has 0 N–H and O–H groups in total. The van der Waals surface area contributed by atoms with Crippen LogP contribution in [0.1, 0.15) is 68.0 Å². The van der Waals surface area contributed by atoms with Gasteiger partial charge in [-0.1, -0.05) is 144 Å². The summed E-state index contributed by atoms with van der Waals surface area (Å²) in [5.41, 5.74) is 25.4. The van der Waals surface area contributed by atoms with E-state index >= 15 is 0 Å². The predicted molar refractivity (Wildman–Crippen MR) is 275 cm³/mol. The Morgan fingerprint density at radius 1 is 0.585 bits per heavy atom. The van der Waals surface area contributed by atoms with Gasteiger partial charge in [0.25, 0.3) is 6.71 Å². The summed E-state index contributed by atoms with van der Waals surface area (Å²) in [6, 6.07) is 59.3. The van der Waals surface area contributed by atoms with Crippen LogP contribution in [0.5, 0.6) is 0 Å². The third kappa shape index (κ3) is 5.15. The topological polar surface area (TPSA) is 24.6 Å². The van der Waals surface area contributed by atoms with Gasteiger partial charge in [0, 0.05) is 66.8 Å². The van der Waals surface area contributed by atoms with Crippen LogP contribution >= 0.6 is 0 Å². The maximum absolute atomic E-state index is 7.13. The zero-order chi connectivity index (χ0) is 44.3. The Balaban J connectivity index is 1.15. The van der Waals surface area contributed by atoms with Crippen molar-refractivity contribution in [1.82, 2.24) is 4.57 Å². The quantitative estimate of drug-likeness (QED) is 0.165. The zero-order valence-corrected chi connectivity index (χ0v) is 38.3. The molecule has 0 saturated heterocycles. The second kappa shape index (κ2) is 13.2. The molecule has 13 rings (SSSR count). The van der Waals surface area contributed by atoms with Gasteiger partial charge in [-0.15, -0.1) is 0 Å². The highest BCUT2D eigenvalue weighted by Gasteiger charge is 2.47. The fourth-order valence-electron chi connectivity index (χ4n) is 12.0. The first-order valence-electron chi connectivity index (χ1n) is 23.1. The number of aromatic nitrogens is 1. The minimum atomic E-state index is -0.155. The molecule has 0 saturated carbocycles. The monoisotopic (exact) mass is 839 g/mol. The molecule has 10 aromatic rings. The van der Waals surface area contributed by atoms with Crippen molar-refractivity contribution in [2.24, 2.45) is 0 Å². The molecule has 4 nitrogen and oxygen atoms in total. The molecule has 65 heavy (non-hydrogen) atoms. The van der Waals surface area contributed by atoms with E-state index in [1.807, 2.05) is 0 Å². The molecular formula is C60H50BN3O. The number of para-hydroxylation sites is 4. The van der Waals surface area contributed by atoms with E-state index in [1.165, 1.54) is 83.3 Å². The standard InChI is InChI=1S/C60H50BN3O/c1-35-31-51-55-52(32-35)64-56-43(54-57(64)42-19-11-12-22-44(42)60(54,7)8)21-15-23-46(56)61(55)45-30-28-39(62(47-24-13-9-17-36(47)2)48-25-14-10-18-37(48)3)34-50(45)63(51)49-26-16-20-41-40-29-27-38(59(4,5)6)33-53(40)65-58(41)49/h9-34H,1-8H3. The second-order valence-electron chi connectivity index (χ2n) is 20.3. The summed E-state index contributed by atoms with van der Waals surface area (Å²) in [6.45, 7) is 18.3. The number of hydrogen-bond donors (Lipinski definition) is 0. The summed E-state index contributed by atoms with van der Waals surface area (Å²) in [4.78, 5) is 4.99. The van der Waals surface area contributed by atoms with E-state index in [9.17, 15) is 0 Å². The van der Waals surface area contributed by atoms with E-state index in [-0.39, 0.29) is 17.5 Å². The van der Waals surface area contributed by atoms with Gasteiger partial charge in [-0.2, -0.15) is 0 Å². The van der Waals surface area contributed by atoms with Gasteiger partial charge in [-0.05, 0) is 124 Å². The first-order valence-corrected chi connectivity index (χ1v) is 23.1. The Morgan fingerprint density at radius 2 is 1.28 bits per heavy atom. The van der Waals surface area contributed by atoms with Gasteiger partial charge in [0.1, 0.15) is 5.58 Å². The lowest BCUT2D eigenvalue weighted by molar-refractivity contribution is 0.587. The van der Waals surface area contributed by atoms with Gasteiger partial charge in [0.05, 0.1) is 11.4 Å². The van der Waals surface area contributed by atoms with Crippen LogP contribution in [0, 0.1) is 20.8 Å². The molecule has 2 aromatic heterocycles. The Hall–Kier alpha value is -7.24. The lowest BCUT2D eigenvalue weighted by atomic mass is 9.33. The Kier molecular flexibility index (Phi) is 7.75. The largest absolute Gasteiger partial charge is 0.454 e. The highest BCUT2D eigenvalue weighted by atomic mass is 16.3. The maximum atomic E-state index is 7.13. The molecule has 5 heteroatoms. The Labute approximate surface area is 381 Å². The van der Waals surface area contributed by atoms with Crippen molar-refractivity contribution >= 4 is 90.1 Å². The van der Waals surface area contributed by atoms with Crippen LogP contribution in [0.4, 0.5) is 34.1 Å². The molecule has 0 bridgehead atoms. The molecule has 0 spiro atoms. The van der Waals surface area contributed by atoms with Gasteiger partial charge in [0.15, 0.2) is 5.58 Å². The SMILES string of the molecule is Cc1cc2c3c(c1)-n1c4c(c5cccc(c51)B3c1ccc(N(c3ccccc3C)c3ccccc3C)cc1N2c1cccc2c1oc1cc(C(C)(C)C)ccc12)C(C)(C)c1ccccc1-4. The number of aryl methyl sites for hydroxylation is 3. The van der Waals surface area contributed by atoms with E-state index in [0.717, 1.165) is 50.4 Å². The molecule has 8 aromatic carbocycles. The Morgan fingerprint density at radius 3 is 2.03 bits per heavy atom. The third-order valence-electron chi connectivity index (χ3n) is 15.0. The normalized spacial score (nSPS) is 14.2. The van der Waals surface area contributed by atoms with Gasteiger partial charge >= 0.3 is 0 Å². The number of fused-ring (bicyclic) bond motifs is 12. The molecule has 1 aliphatic carbocycles. The van der Waals surface area contributed by atoms with Gasteiger partial charge in [0.2, 0.25) is 0 Å². The molecule has 0 fully saturated rings. The Bertz CT molecular complexity index is 3650. The summed E-state index contributed by atoms with van der Waals surface area (Å²) in [6.07, 6.45) is 0. The number of hydrogen-bond acceptors (Lipinski definition) is 3. The minimum absolute atomic E-state index is 0.0000698. The first kappa shape index (κ1) is 38.2. The van der Waals surface area contributed by atoms with E-state index in [4.69, 9.17) is 4.42 Å². The lowest BCUT2D eigenvalue weighted by Crippen LogP contribution is -2.60. The molecule has 3 aliphatic rings. The molecule has 0 unspecified atom stereocenters. The number of anilines is 6. The molecule has 0 amide bonds. The lowest BCUT2D eigenvalue weighted by Gasteiger charge is -2.41. The summed E-state index contributed by atoms with van der Waals surface area (Å²) < 4.78 is 9.77. The average Bonchev–Trinajstić information content (AvgIpc) is 3.93. The summed E-state index contributed by atoms with van der Waals surface area (Å²) in [7, 11) is 0. The van der Waals surface area contributed by atoms with Crippen molar-refractivity contribution in [3.63, 3.8) is 0 Å². The van der Waals surface area contributed by atoms with Crippen molar-refractivity contribution in [2.75, 3.05) is 9.80 Å². The first-order chi connectivity index (χ1) is 31.4. The van der Waals surface area contributed by atoms with Gasteiger partial charge in [-0.3, -0.25) is 0 Å². The molecule has 0 atom stereocenters. The highest BCUT2D eigenvalue weighted by molar-refractivity contribution is 7.00. The highest BCUT2D eigenvalue weighted by Crippen LogP contribution is 2.55. The van der Waals surface area contributed by atoms with Crippen LogP contribution in [-0.4, -0.2) is 11.3 Å². The van der Waals surface area contributed by atoms with E-state index in [1.54, 1.807) is 0 Å². The van der Waals surface area contributed by atoms with E-state index in [2.05, 4.69) is 227 Å². The van der Waals surface area contributed by atoms with Crippen molar-refractivity contribution < 1.29 is 4.42 Å². The zero-order valence-electron chi connectivity index (χ0n) is 38.3. The molecular weight excluding hydrogens is 789 g/mol. The maximum Gasteiger partial charge on any atom is 0.252 e. The third-order valence-corrected chi connectivity index (χ3v) is 15.0. The van der Waals surface area contributed by atoms with Crippen molar-refractivity contribution in [2.45, 2.75) is 66.2 Å². The van der Waals surface area contributed by atoms with Crippen molar-refractivity contribution in [3.05, 3.63) is 191 Å². The fraction of sp³-hybridized carbons (Fsp3) is 0.167. The van der Waals surface area contributed by atoms with E-state index < -0.39 is 0 Å². The molecule has 2 aliphatic heterocycles. The second-order valence-corrected chi connectivity index (χ2v) is 20.3. The minimum Gasteiger partial charge on any atom is -0.454 e.